The average Bonchev–Trinajstić information content (AvgIpc) is 2.40. The highest BCUT2D eigenvalue weighted by Crippen LogP contribution is 2.26. The summed E-state index contributed by atoms with van der Waals surface area (Å²) in [5.74, 6) is -1.62. The monoisotopic (exact) mass is 293 g/mol. The van der Waals surface area contributed by atoms with E-state index in [1.165, 1.54) is 24.3 Å². The van der Waals surface area contributed by atoms with Gasteiger partial charge in [-0.15, -0.1) is 0 Å². The molecule has 0 aliphatic heterocycles. The summed E-state index contributed by atoms with van der Waals surface area (Å²) < 4.78 is 40.7. The normalized spacial score (nSPS) is 12.4. The molecule has 0 saturated heterocycles. The van der Waals surface area contributed by atoms with Crippen molar-refractivity contribution in [1.82, 2.24) is 5.32 Å². The second kappa shape index (κ2) is 6.76. The number of hydrogen-bond acceptors (Lipinski definition) is 1. The number of benzene rings is 2. The van der Waals surface area contributed by atoms with E-state index in [4.69, 9.17) is 0 Å². The smallest absolute Gasteiger partial charge is 0.131 e. The van der Waals surface area contributed by atoms with E-state index in [2.05, 4.69) is 5.32 Å². The van der Waals surface area contributed by atoms with Crippen LogP contribution in [0.5, 0.6) is 0 Å². The van der Waals surface area contributed by atoms with Gasteiger partial charge in [0.2, 0.25) is 0 Å². The first-order valence-corrected chi connectivity index (χ1v) is 6.96. The summed E-state index contributed by atoms with van der Waals surface area (Å²) in [7, 11) is 0. The molecule has 0 aliphatic rings. The van der Waals surface area contributed by atoms with Gasteiger partial charge in [-0.2, -0.15) is 0 Å². The third kappa shape index (κ3) is 3.85. The molecule has 0 aromatic heterocycles. The van der Waals surface area contributed by atoms with Crippen LogP contribution in [-0.4, -0.2) is 6.54 Å². The molecule has 0 saturated carbocycles. The van der Waals surface area contributed by atoms with Crippen molar-refractivity contribution in [3.63, 3.8) is 0 Å². The second-order valence-corrected chi connectivity index (χ2v) is 5.11. The molecule has 2 aromatic carbocycles. The quantitative estimate of drug-likeness (QED) is 0.855. The van der Waals surface area contributed by atoms with Crippen LogP contribution in [0.2, 0.25) is 0 Å². The number of halogens is 3. The van der Waals surface area contributed by atoms with Crippen molar-refractivity contribution in [2.24, 2.45) is 0 Å². The fourth-order valence-electron chi connectivity index (χ4n) is 2.36. The van der Waals surface area contributed by atoms with Crippen LogP contribution in [-0.2, 0) is 0 Å². The Bertz CT molecular complexity index is 605. The van der Waals surface area contributed by atoms with Crippen molar-refractivity contribution in [1.29, 1.82) is 0 Å². The van der Waals surface area contributed by atoms with Gasteiger partial charge >= 0.3 is 0 Å². The van der Waals surface area contributed by atoms with Gasteiger partial charge in [0.05, 0.1) is 6.04 Å². The molecule has 0 radical (unpaired) electrons. The maximum absolute atomic E-state index is 14.0. The summed E-state index contributed by atoms with van der Waals surface area (Å²) in [4.78, 5) is 0. The SMILES string of the molecule is CCCNC(c1cc(C)cc(F)c1)c1ccc(F)cc1F. The summed E-state index contributed by atoms with van der Waals surface area (Å²) in [6, 6.07) is 7.56. The molecule has 0 aliphatic carbocycles. The summed E-state index contributed by atoms with van der Waals surface area (Å²) >= 11 is 0. The molecule has 4 heteroatoms. The third-order valence-corrected chi connectivity index (χ3v) is 3.27. The number of nitrogens with one attached hydrogen (secondary N) is 1. The van der Waals surface area contributed by atoms with Crippen LogP contribution in [0.4, 0.5) is 13.2 Å². The number of rotatable bonds is 5. The Morgan fingerprint density at radius 3 is 2.38 bits per heavy atom. The molecule has 1 nitrogen and oxygen atoms in total. The van der Waals surface area contributed by atoms with Crippen LogP contribution >= 0.6 is 0 Å². The fourth-order valence-corrected chi connectivity index (χ4v) is 2.36. The molecule has 1 atom stereocenters. The lowest BCUT2D eigenvalue weighted by Gasteiger charge is -2.21. The Morgan fingerprint density at radius 2 is 1.76 bits per heavy atom. The molecule has 2 rings (SSSR count). The lowest BCUT2D eigenvalue weighted by atomic mass is 9.96. The highest BCUT2D eigenvalue weighted by atomic mass is 19.1. The minimum Gasteiger partial charge on any atom is -0.306 e. The third-order valence-electron chi connectivity index (χ3n) is 3.27. The fraction of sp³-hybridized carbons (Fsp3) is 0.294. The minimum atomic E-state index is -0.634. The molecule has 1 unspecified atom stereocenters. The van der Waals surface area contributed by atoms with Crippen molar-refractivity contribution in [3.05, 3.63) is 70.5 Å². The highest BCUT2D eigenvalue weighted by molar-refractivity contribution is 5.35. The van der Waals surface area contributed by atoms with Gasteiger partial charge in [0.25, 0.3) is 0 Å². The molecule has 112 valence electrons. The Morgan fingerprint density at radius 1 is 1.00 bits per heavy atom. The Balaban J connectivity index is 2.46. The van der Waals surface area contributed by atoms with E-state index in [-0.39, 0.29) is 5.82 Å². The van der Waals surface area contributed by atoms with Crippen LogP contribution in [0.15, 0.2) is 36.4 Å². The van der Waals surface area contributed by atoms with E-state index in [9.17, 15) is 13.2 Å². The van der Waals surface area contributed by atoms with Crippen molar-refractivity contribution in [2.45, 2.75) is 26.3 Å². The Hall–Kier alpha value is -1.81. The van der Waals surface area contributed by atoms with Crippen LogP contribution in [0.1, 0.15) is 36.1 Å². The molecule has 0 heterocycles. The molecule has 2 aromatic rings. The zero-order valence-electron chi connectivity index (χ0n) is 12.1. The first-order valence-electron chi connectivity index (χ1n) is 6.96. The van der Waals surface area contributed by atoms with Crippen LogP contribution < -0.4 is 5.32 Å². The van der Waals surface area contributed by atoms with Crippen molar-refractivity contribution < 1.29 is 13.2 Å². The van der Waals surface area contributed by atoms with Gasteiger partial charge in [0, 0.05) is 11.6 Å². The topological polar surface area (TPSA) is 12.0 Å². The molecule has 0 bridgehead atoms. The molecule has 0 amide bonds. The molecule has 21 heavy (non-hydrogen) atoms. The molecular weight excluding hydrogens is 275 g/mol. The lowest BCUT2D eigenvalue weighted by Crippen LogP contribution is -2.24. The highest BCUT2D eigenvalue weighted by Gasteiger charge is 2.18. The van der Waals surface area contributed by atoms with Crippen molar-refractivity contribution in [3.8, 4) is 0 Å². The van der Waals surface area contributed by atoms with Gasteiger partial charge in [-0.3, -0.25) is 0 Å². The lowest BCUT2D eigenvalue weighted by molar-refractivity contribution is 0.530. The zero-order valence-corrected chi connectivity index (χ0v) is 12.1. The van der Waals surface area contributed by atoms with Gasteiger partial charge < -0.3 is 5.32 Å². The largest absolute Gasteiger partial charge is 0.306 e. The van der Waals surface area contributed by atoms with E-state index in [0.29, 0.717) is 17.7 Å². The molecule has 1 N–H and O–H groups in total. The van der Waals surface area contributed by atoms with E-state index in [0.717, 1.165) is 18.1 Å². The zero-order chi connectivity index (χ0) is 15.4. The van der Waals surface area contributed by atoms with Crippen molar-refractivity contribution >= 4 is 0 Å². The van der Waals surface area contributed by atoms with Gasteiger partial charge in [0.15, 0.2) is 0 Å². The minimum absolute atomic E-state index is 0.315. The van der Waals surface area contributed by atoms with Crippen LogP contribution in [0, 0.1) is 24.4 Å². The maximum atomic E-state index is 14.0. The van der Waals surface area contributed by atoms with Crippen LogP contribution in [0.25, 0.3) is 0 Å². The van der Waals surface area contributed by atoms with E-state index < -0.39 is 17.7 Å². The van der Waals surface area contributed by atoms with Gasteiger partial charge in [-0.1, -0.05) is 19.1 Å². The predicted octanol–water partition coefficient (Wildman–Crippen LogP) is 4.50. The van der Waals surface area contributed by atoms with Gasteiger partial charge in [-0.25, -0.2) is 13.2 Å². The van der Waals surface area contributed by atoms with Gasteiger partial charge in [-0.05, 0) is 49.2 Å². The Kier molecular flexibility index (Phi) is 5.02. The molecule has 0 spiro atoms. The maximum Gasteiger partial charge on any atom is 0.131 e. The predicted molar refractivity (Wildman–Crippen MR) is 77.6 cm³/mol. The number of hydrogen-bond donors (Lipinski definition) is 1. The first-order chi connectivity index (χ1) is 10.0. The molecular formula is C17H18F3N. The van der Waals surface area contributed by atoms with Crippen LogP contribution in [0.3, 0.4) is 0 Å². The first kappa shape index (κ1) is 15.6. The van der Waals surface area contributed by atoms with Crippen molar-refractivity contribution in [2.75, 3.05) is 6.54 Å². The standard InChI is InChI=1S/C17H18F3N/c1-3-6-21-17(12-7-11(2)8-14(19)9-12)15-5-4-13(18)10-16(15)20/h4-5,7-10,17,21H,3,6H2,1-2H3. The second-order valence-electron chi connectivity index (χ2n) is 5.11. The van der Waals surface area contributed by atoms with E-state index in [1.807, 2.05) is 6.92 Å². The average molecular weight is 293 g/mol. The number of aryl methyl sites for hydroxylation is 1. The van der Waals surface area contributed by atoms with E-state index >= 15 is 0 Å². The van der Waals surface area contributed by atoms with E-state index in [1.54, 1.807) is 13.0 Å². The Labute approximate surface area is 122 Å². The summed E-state index contributed by atoms with van der Waals surface area (Å²) in [5, 5.41) is 3.19. The molecule has 0 fully saturated rings. The summed E-state index contributed by atoms with van der Waals surface area (Å²) in [5.41, 5.74) is 1.71. The summed E-state index contributed by atoms with van der Waals surface area (Å²) in [6.45, 7) is 4.42. The summed E-state index contributed by atoms with van der Waals surface area (Å²) in [6.07, 6.45) is 0.855. The van der Waals surface area contributed by atoms with Gasteiger partial charge in [0.1, 0.15) is 17.5 Å².